The highest BCUT2D eigenvalue weighted by Gasteiger charge is 2.19. The van der Waals surface area contributed by atoms with E-state index in [0.717, 1.165) is 62.8 Å². The van der Waals surface area contributed by atoms with Crippen molar-refractivity contribution in [3.05, 3.63) is 71.3 Å². The van der Waals surface area contributed by atoms with Gasteiger partial charge in [0, 0.05) is 66.0 Å². The molecule has 1 amide bonds. The molecule has 30 heavy (non-hydrogen) atoms. The topological polar surface area (TPSA) is 51.2 Å². The zero-order chi connectivity index (χ0) is 21.3. The van der Waals surface area contributed by atoms with Crippen molar-refractivity contribution in [1.29, 1.82) is 0 Å². The van der Waals surface area contributed by atoms with E-state index in [1.165, 1.54) is 5.56 Å². The summed E-state index contributed by atoms with van der Waals surface area (Å²) in [7, 11) is 5.40. The summed E-state index contributed by atoms with van der Waals surface area (Å²) in [6.45, 7) is 5.80. The van der Waals surface area contributed by atoms with Gasteiger partial charge in [-0.1, -0.05) is 42.5 Å². The Morgan fingerprint density at radius 2 is 1.70 bits per heavy atom. The molecule has 0 aliphatic carbocycles. The predicted octanol–water partition coefficient (Wildman–Crippen LogP) is 2.32. The van der Waals surface area contributed by atoms with E-state index in [0.29, 0.717) is 0 Å². The van der Waals surface area contributed by atoms with Crippen LogP contribution in [0.5, 0.6) is 0 Å². The highest BCUT2D eigenvalue weighted by molar-refractivity contribution is 5.94. The average molecular weight is 408 g/mol. The molecule has 1 fully saturated rings. The number of amides is 1. The van der Waals surface area contributed by atoms with Crippen LogP contribution in [0, 0.1) is 0 Å². The number of carbonyl (C=O) groups is 1. The number of nitrogens with zero attached hydrogens (tertiary/aromatic N) is 4. The van der Waals surface area contributed by atoms with Gasteiger partial charge in [0.15, 0.2) is 5.96 Å². The summed E-state index contributed by atoms with van der Waals surface area (Å²) in [6.07, 6.45) is 0.849. The molecule has 0 atom stereocenters. The van der Waals surface area contributed by atoms with E-state index in [1.807, 2.05) is 25.2 Å². The molecule has 0 radical (unpaired) electrons. The second-order valence-corrected chi connectivity index (χ2v) is 7.87. The van der Waals surface area contributed by atoms with E-state index in [9.17, 15) is 4.79 Å². The highest BCUT2D eigenvalue weighted by atomic mass is 16.2. The molecule has 1 saturated heterocycles. The van der Waals surface area contributed by atoms with Crippen molar-refractivity contribution in [2.24, 2.45) is 4.99 Å². The largest absolute Gasteiger partial charge is 0.356 e. The standard InChI is InChI=1S/C24H33N5O/c1-25-24(26-13-12-20-10-7-11-22(18-20)23(30)27(2)3)29-16-14-28(15-17-29)19-21-8-5-4-6-9-21/h4-11,18H,12-17,19H2,1-3H3,(H,25,26). The molecule has 160 valence electrons. The summed E-state index contributed by atoms with van der Waals surface area (Å²) in [5.74, 6) is 0.990. The second-order valence-electron chi connectivity index (χ2n) is 7.87. The van der Waals surface area contributed by atoms with Crippen molar-refractivity contribution in [3.8, 4) is 0 Å². The third-order valence-electron chi connectivity index (χ3n) is 5.41. The molecule has 2 aromatic carbocycles. The summed E-state index contributed by atoms with van der Waals surface area (Å²) >= 11 is 0. The van der Waals surface area contributed by atoms with Gasteiger partial charge in [-0.25, -0.2) is 0 Å². The average Bonchev–Trinajstić information content (AvgIpc) is 2.78. The lowest BCUT2D eigenvalue weighted by Gasteiger charge is -2.36. The monoisotopic (exact) mass is 407 g/mol. The Morgan fingerprint density at radius 3 is 2.37 bits per heavy atom. The number of rotatable bonds is 6. The first kappa shape index (κ1) is 21.8. The molecule has 1 aliphatic heterocycles. The summed E-state index contributed by atoms with van der Waals surface area (Å²) in [6, 6.07) is 18.5. The molecule has 0 spiro atoms. The van der Waals surface area contributed by atoms with Crippen LogP contribution in [-0.2, 0) is 13.0 Å². The van der Waals surface area contributed by atoms with E-state index in [4.69, 9.17) is 0 Å². The molecule has 1 N–H and O–H groups in total. The van der Waals surface area contributed by atoms with Gasteiger partial charge in [-0.2, -0.15) is 0 Å². The third kappa shape index (κ3) is 6.07. The first-order chi connectivity index (χ1) is 14.6. The van der Waals surface area contributed by atoms with Crippen LogP contribution >= 0.6 is 0 Å². The Balaban J connectivity index is 1.45. The zero-order valence-electron chi connectivity index (χ0n) is 18.3. The van der Waals surface area contributed by atoms with Crippen LogP contribution in [-0.4, -0.2) is 80.4 Å². The van der Waals surface area contributed by atoms with Crippen LogP contribution in [0.3, 0.4) is 0 Å². The molecule has 6 heteroatoms. The Hall–Kier alpha value is -2.86. The first-order valence-corrected chi connectivity index (χ1v) is 10.6. The summed E-state index contributed by atoms with van der Waals surface area (Å²) in [5, 5.41) is 3.49. The molecular weight excluding hydrogens is 374 g/mol. The molecule has 3 rings (SSSR count). The maximum atomic E-state index is 12.2. The molecule has 0 unspecified atom stereocenters. The van der Waals surface area contributed by atoms with Gasteiger partial charge in [-0.05, 0) is 29.7 Å². The van der Waals surface area contributed by atoms with E-state index >= 15 is 0 Å². The minimum absolute atomic E-state index is 0.0361. The normalized spacial score (nSPS) is 15.2. The fourth-order valence-electron chi connectivity index (χ4n) is 3.73. The van der Waals surface area contributed by atoms with Crippen LogP contribution in [0.15, 0.2) is 59.6 Å². The van der Waals surface area contributed by atoms with Gasteiger partial charge < -0.3 is 15.1 Å². The fourth-order valence-corrected chi connectivity index (χ4v) is 3.73. The van der Waals surface area contributed by atoms with Gasteiger partial charge in [0.2, 0.25) is 0 Å². The number of piperazine rings is 1. The van der Waals surface area contributed by atoms with Gasteiger partial charge in [0.1, 0.15) is 0 Å². The van der Waals surface area contributed by atoms with Crippen molar-refractivity contribution in [3.63, 3.8) is 0 Å². The molecule has 0 bridgehead atoms. The maximum Gasteiger partial charge on any atom is 0.253 e. The molecule has 2 aromatic rings. The lowest BCUT2D eigenvalue weighted by atomic mass is 10.1. The minimum Gasteiger partial charge on any atom is -0.356 e. The van der Waals surface area contributed by atoms with Crippen molar-refractivity contribution >= 4 is 11.9 Å². The number of aliphatic imine (C=N–C) groups is 1. The predicted molar refractivity (Wildman–Crippen MR) is 123 cm³/mol. The SMILES string of the molecule is CN=C(NCCc1cccc(C(=O)N(C)C)c1)N1CCN(Cc2ccccc2)CC1. The molecule has 1 heterocycles. The van der Waals surface area contributed by atoms with E-state index in [1.54, 1.807) is 19.0 Å². The summed E-state index contributed by atoms with van der Waals surface area (Å²) in [4.78, 5) is 23.1. The smallest absolute Gasteiger partial charge is 0.253 e. The van der Waals surface area contributed by atoms with Crippen molar-refractivity contribution in [2.45, 2.75) is 13.0 Å². The molecular formula is C24H33N5O. The lowest BCUT2D eigenvalue weighted by molar-refractivity contribution is 0.0827. The Labute approximate surface area is 180 Å². The Kier molecular flexibility index (Phi) is 7.85. The molecule has 1 aliphatic rings. The number of benzene rings is 2. The maximum absolute atomic E-state index is 12.2. The van der Waals surface area contributed by atoms with Crippen LogP contribution in [0.25, 0.3) is 0 Å². The van der Waals surface area contributed by atoms with Gasteiger partial charge >= 0.3 is 0 Å². The number of hydrogen-bond acceptors (Lipinski definition) is 3. The zero-order valence-corrected chi connectivity index (χ0v) is 18.3. The van der Waals surface area contributed by atoms with Crippen molar-refractivity contribution in [1.82, 2.24) is 20.0 Å². The van der Waals surface area contributed by atoms with E-state index < -0.39 is 0 Å². The van der Waals surface area contributed by atoms with Gasteiger partial charge in [-0.15, -0.1) is 0 Å². The Morgan fingerprint density at radius 1 is 1.00 bits per heavy atom. The summed E-state index contributed by atoms with van der Waals surface area (Å²) in [5.41, 5.74) is 3.25. The quantitative estimate of drug-likeness (QED) is 0.590. The van der Waals surface area contributed by atoms with Crippen molar-refractivity contribution < 1.29 is 4.79 Å². The van der Waals surface area contributed by atoms with Gasteiger partial charge in [-0.3, -0.25) is 14.7 Å². The first-order valence-electron chi connectivity index (χ1n) is 10.6. The lowest BCUT2D eigenvalue weighted by Crippen LogP contribution is -2.52. The van der Waals surface area contributed by atoms with Crippen molar-refractivity contribution in [2.75, 3.05) is 53.9 Å². The summed E-state index contributed by atoms with van der Waals surface area (Å²) < 4.78 is 0. The minimum atomic E-state index is 0.0361. The fraction of sp³-hybridized carbons (Fsp3) is 0.417. The molecule has 6 nitrogen and oxygen atoms in total. The third-order valence-corrected chi connectivity index (χ3v) is 5.41. The van der Waals surface area contributed by atoms with E-state index in [-0.39, 0.29) is 5.91 Å². The van der Waals surface area contributed by atoms with Crippen LogP contribution in [0.2, 0.25) is 0 Å². The number of carbonyl (C=O) groups excluding carboxylic acids is 1. The van der Waals surface area contributed by atoms with Crippen LogP contribution in [0.4, 0.5) is 0 Å². The highest BCUT2D eigenvalue weighted by Crippen LogP contribution is 2.10. The van der Waals surface area contributed by atoms with Gasteiger partial charge in [0.05, 0.1) is 0 Å². The number of hydrogen-bond donors (Lipinski definition) is 1. The molecule has 0 saturated carbocycles. The molecule has 0 aromatic heterocycles. The number of nitrogens with one attached hydrogen (secondary N) is 1. The van der Waals surface area contributed by atoms with E-state index in [2.05, 4.69) is 56.5 Å². The Bertz CT molecular complexity index is 842. The second kappa shape index (κ2) is 10.8. The van der Waals surface area contributed by atoms with Crippen LogP contribution < -0.4 is 5.32 Å². The van der Waals surface area contributed by atoms with Gasteiger partial charge in [0.25, 0.3) is 5.91 Å². The number of guanidine groups is 1. The van der Waals surface area contributed by atoms with Crippen LogP contribution in [0.1, 0.15) is 21.5 Å².